The molecule has 0 radical (unpaired) electrons. The third-order valence-electron chi connectivity index (χ3n) is 2.46. The van der Waals surface area contributed by atoms with Crippen LogP contribution in [-0.4, -0.2) is 20.2 Å². The van der Waals surface area contributed by atoms with Gasteiger partial charge in [0.2, 0.25) is 0 Å². The van der Waals surface area contributed by atoms with Crippen molar-refractivity contribution >= 4 is 35.0 Å². The monoisotopic (exact) mass is 321 g/mol. The highest BCUT2D eigenvalue weighted by atomic mass is 35.5. The first-order chi connectivity index (χ1) is 10.1. The van der Waals surface area contributed by atoms with Crippen LogP contribution in [0.25, 0.3) is 0 Å². The zero-order valence-corrected chi connectivity index (χ0v) is 13.6. The summed E-state index contributed by atoms with van der Waals surface area (Å²) in [5.41, 5.74) is 0.969. The number of allylic oxidation sites excluding steroid dienone is 3. The first-order valence-electron chi connectivity index (χ1n) is 6.41. The van der Waals surface area contributed by atoms with E-state index in [0.717, 1.165) is 10.6 Å². The lowest BCUT2D eigenvalue weighted by Crippen LogP contribution is -1.97. The quantitative estimate of drug-likeness (QED) is 0.368. The lowest BCUT2D eigenvalue weighted by atomic mass is 10.4. The van der Waals surface area contributed by atoms with E-state index in [9.17, 15) is 0 Å². The van der Waals surface area contributed by atoms with Crippen LogP contribution >= 0.6 is 23.4 Å². The van der Waals surface area contributed by atoms with Crippen LogP contribution in [0.5, 0.6) is 0 Å². The molecule has 110 valence electrons. The van der Waals surface area contributed by atoms with Crippen molar-refractivity contribution in [3.63, 3.8) is 0 Å². The van der Waals surface area contributed by atoms with Gasteiger partial charge >= 0.3 is 0 Å². The standard InChI is InChI=1S/C14H16ClN5S/c1-4-6-10(5-2)21-14-16-11(15)8-12(18-14)17-13-7-9(3)19-20-13/h4-8H,1-3H3,(H2,16,17,18,19,20)/b6-4-,10-5+. The average molecular weight is 322 g/mol. The van der Waals surface area contributed by atoms with Crippen LogP contribution in [0.4, 0.5) is 11.6 Å². The molecule has 0 saturated carbocycles. The predicted molar refractivity (Wildman–Crippen MR) is 88.1 cm³/mol. The van der Waals surface area contributed by atoms with Gasteiger partial charge in [0, 0.05) is 22.7 Å². The Hall–Kier alpha value is -1.79. The molecule has 5 nitrogen and oxygen atoms in total. The number of aromatic amines is 1. The third-order valence-corrected chi connectivity index (χ3v) is 3.63. The fourth-order valence-electron chi connectivity index (χ4n) is 1.58. The summed E-state index contributed by atoms with van der Waals surface area (Å²) in [6.45, 7) is 5.87. The molecule has 2 aromatic rings. The predicted octanol–water partition coefficient (Wildman–Crippen LogP) is 4.48. The molecule has 0 saturated heterocycles. The van der Waals surface area contributed by atoms with E-state index >= 15 is 0 Å². The van der Waals surface area contributed by atoms with Gasteiger partial charge < -0.3 is 5.32 Å². The number of H-pyrrole nitrogens is 1. The fourth-order valence-corrected chi connectivity index (χ4v) is 2.63. The van der Waals surface area contributed by atoms with E-state index in [4.69, 9.17) is 11.6 Å². The molecule has 0 amide bonds. The number of aryl methyl sites for hydroxylation is 1. The molecule has 0 fully saturated rings. The van der Waals surface area contributed by atoms with E-state index < -0.39 is 0 Å². The van der Waals surface area contributed by atoms with Crippen molar-refractivity contribution in [2.75, 3.05) is 5.32 Å². The number of halogens is 1. The molecule has 2 heterocycles. The van der Waals surface area contributed by atoms with E-state index in [0.29, 0.717) is 21.9 Å². The fraction of sp³-hybridized carbons (Fsp3) is 0.214. The van der Waals surface area contributed by atoms with Gasteiger partial charge in [0.15, 0.2) is 11.0 Å². The molecule has 2 N–H and O–H groups in total. The summed E-state index contributed by atoms with van der Waals surface area (Å²) in [4.78, 5) is 9.72. The number of thioether (sulfide) groups is 1. The molecule has 0 spiro atoms. The Morgan fingerprint density at radius 1 is 1.29 bits per heavy atom. The second kappa shape index (κ2) is 7.28. The molecule has 7 heteroatoms. The number of hydrogen-bond donors (Lipinski definition) is 2. The molecule has 0 aromatic carbocycles. The van der Waals surface area contributed by atoms with Gasteiger partial charge in [-0.25, -0.2) is 9.97 Å². The number of anilines is 2. The van der Waals surface area contributed by atoms with Gasteiger partial charge in [0.25, 0.3) is 0 Å². The van der Waals surface area contributed by atoms with Crippen molar-refractivity contribution in [3.8, 4) is 0 Å². The van der Waals surface area contributed by atoms with Crippen LogP contribution in [0.3, 0.4) is 0 Å². The lowest BCUT2D eigenvalue weighted by Gasteiger charge is -2.06. The highest BCUT2D eigenvalue weighted by Gasteiger charge is 2.07. The van der Waals surface area contributed by atoms with Crippen LogP contribution in [0.2, 0.25) is 5.15 Å². The molecular formula is C14H16ClN5S. The van der Waals surface area contributed by atoms with Crippen LogP contribution in [-0.2, 0) is 0 Å². The Bertz CT molecular complexity index is 678. The Morgan fingerprint density at radius 2 is 2.10 bits per heavy atom. The summed E-state index contributed by atoms with van der Waals surface area (Å²) in [5.74, 6) is 1.30. The number of aromatic nitrogens is 4. The van der Waals surface area contributed by atoms with Gasteiger partial charge in [0.1, 0.15) is 11.0 Å². The van der Waals surface area contributed by atoms with Crippen LogP contribution < -0.4 is 5.32 Å². The van der Waals surface area contributed by atoms with E-state index in [1.807, 2.05) is 45.1 Å². The van der Waals surface area contributed by atoms with E-state index in [2.05, 4.69) is 25.5 Å². The minimum absolute atomic E-state index is 0.387. The summed E-state index contributed by atoms with van der Waals surface area (Å²) in [7, 11) is 0. The van der Waals surface area contributed by atoms with Crippen molar-refractivity contribution in [1.82, 2.24) is 20.2 Å². The number of hydrogen-bond acceptors (Lipinski definition) is 5. The molecule has 0 aliphatic rings. The zero-order valence-electron chi connectivity index (χ0n) is 12.0. The van der Waals surface area contributed by atoms with Crippen molar-refractivity contribution in [2.45, 2.75) is 25.9 Å². The minimum Gasteiger partial charge on any atom is -0.323 e. The van der Waals surface area contributed by atoms with Crippen LogP contribution in [0.1, 0.15) is 19.5 Å². The average Bonchev–Trinajstić information content (AvgIpc) is 2.83. The van der Waals surface area contributed by atoms with Gasteiger partial charge in [0.05, 0.1) is 0 Å². The maximum Gasteiger partial charge on any atom is 0.195 e. The highest BCUT2D eigenvalue weighted by Crippen LogP contribution is 2.27. The van der Waals surface area contributed by atoms with Crippen molar-refractivity contribution in [1.29, 1.82) is 0 Å². The van der Waals surface area contributed by atoms with Crippen LogP contribution in [0.15, 0.2) is 40.4 Å². The molecule has 0 aliphatic carbocycles. The summed E-state index contributed by atoms with van der Waals surface area (Å²) < 4.78 is 0. The Morgan fingerprint density at radius 3 is 2.71 bits per heavy atom. The van der Waals surface area contributed by atoms with Crippen molar-refractivity contribution in [2.24, 2.45) is 0 Å². The van der Waals surface area contributed by atoms with Crippen molar-refractivity contribution < 1.29 is 0 Å². The van der Waals surface area contributed by atoms with Crippen molar-refractivity contribution in [3.05, 3.63) is 46.1 Å². The van der Waals surface area contributed by atoms with Gasteiger partial charge in [-0.1, -0.05) is 41.6 Å². The smallest absolute Gasteiger partial charge is 0.195 e. The van der Waals surface area contributed by atoms with Gasteiger partial charge in [-0.05, 0) is 20.8 Å². The molecular weight excluding hydrogens is 306 g/mol. The second-order valence-electron chi connectivity index (χ2n) is 4.21. The zero-order chi connectivity index (χ0) is 15.2. The molecule has 0 unspecified atom stereocenters. The topological polar surface area (TPSA) is 66.5 Å². The maximum atomic E-state index is 6.05. The number of nitrogens with one attached hydrogen (secondary N) is 2. The molecule has 2 rings (SSSR count). The summed E-state index contributed by atoms with van der Waals surface area (Å²) in [6.07, 6.45) is 5.97. The summed E-state index contributed by atoms with van der Waals surface area (Å²) in [5, 5.41) is 11.0. The minimum atomic E-state index is 0.387. The summed E-state index contributed by atoms with van der Waals surface area (Å²) in [6, 6.07) is 3.56. The van der Waals surface area contributed by atoms with Crippen LogP contribution in [0, 0.1) is 6.92 Å². The first-order valence-corrected chi connectivity index (χ1v) is 7.60. The molecule has 0 bridgehead atoms. The normalized spacial score (nSPS) is 12.1. The maximum absolute atomic E-state index is 6.05. The van der Waals surface area contributed by atoms with Gasteiger partial charge in [-0.15, -0.1) is 0 Å². The molecule has 0 aliphatic heterocycles. The Balaban J connectivity index is 2.20. The Kier molecular flexibility index (Phi) is 5.41. The summed E-state index contributed by atoms with van der Waals surface area (Å²) >= 11 is 7.51. The molecule has 2 aromatic heterocycles. The van der Waals surface area contributed by atoms with E-state index in [-0.39, 0.29) is 0 Å². The van der Waals surface area contributed by atoms with E-state index in [1.165, 1.54) is 11.8 Å². The van der Waals surface area contributed by atoms with E-state index in [1.54, 1.807) is 6.07 Å². The Labute approximate surface area is 132 Å². The SMILES string of the molecule is C/C=C\C(=C/C)Sc1nc(Cl)cc(Nc2cc(C)[nH]n2)n1. The van der Waals surface area contributed by atoms with Gasteiger partial charge in [-0.3, -0.25) is 5.10 Å². The third kappa shape index (κ3) is 4.61. The molecule has 0 atom stereocenters. The van der Waals surface area contributed by atoms with Gasteiger partial charge in [-0.2, -0.15) is 5.10 Å². The number of rotatable bonds is 5. The highest BCUT2D eigenvalue weighted by molar-refractivity contribution is 8.03. The molecule has 21 heavy (non-hydrogen) atoms. The number of nitrogens with zero attached hydrogens (tertiary/aromatic N) is 3. The lowest BCUT2D eigenvalue weighted by molar-refractivity contribution is 0.972. The first kappa shape index (κ1) is 15.6. The second-order valence-corrected chi connectivity index (χ2v) is 5.64. The largest absolute Gasteiger partial charge is 0.323 e.